The predicted octanol–water partition coefficient (Wildman–Crippen LogP) is 2.46. The number of ether oxygens (including phenoxy) is 1. The number of rotatable bonds is 5. The molecule has 0 radical (unpaired) electrons. The summed E-state index contributed by atoms with van der Waals surface area (Å²) in [5, 5.41) is 14.8. The van der Waals surface area contributed by atoms with Crippen molar-refractivity contribution in [2.24, 2.45) is 5.16 Å². The number of hydrogen-bond donors (Lipinski definition) is 2. The molecule has 0 bridgehead atoms. The number of anilines is 1. The van der Waals surface area contributed by atoms with Gasteiger partial charge in [-0.1, -0.05) is 5.16 Å². The first-order valence-corrected chi connectivity index (χ1v) is 8.71. The topological polar surface area (TPSA) is 98.0 Å². The predicted molar refractivity (Wildman–Crippen MR) is 101 cm³/mol. The zero-order valence-corrected chi connectivity index (χ0v) is 15.9. The maximum Gasteiger partial charge on any atom is 0.218 e. The van der Waals surface area contributed by atoms with Crippen LogP contribution in [0, 0.1) is 5.82 Å². The average molecular weight is 385 g/mol. The van der Waals surface area contributed by atoms with Crippen molar-refractivity contribution in [1.29, 1.82) is 0 Å². The molecule has 0 saturated carbocycles. The number of halogens is 1. The van der Waals surface area contributed by atoms with Crippen LogP contribution in [0.2, 0.25) is 0 Å². The molecule has 4 heterocycles. The van der Waals surface area contributed by atoms with Crippen molar-refractivity contribution < 1.29 is 14.0 Å². The van der Waals surface area contributed by atoms with E-state index < -0.39 is 11.5 Å². The van der Waals surface area contributed by atoms with E-state index in [1.165, 1.54) is 13.2 Å². The van der Waals surface area contributed by atoms with Crippen LogP contribution in [0.25, 0.3) is 5.65 Å². The minimum absolute atomic E-state index is 0.288. The minimum atomic E-state index is -0.588. The van der Waals surface area contributed by atoms with E-state index >= 15 is 0 Å². The van der Waals surface area contributed by atoms with Gasteiger partial charge in [0, 0.05) is 11.8 Å². The Bertz CT molecular complexity index is 1060. The van der Waals surface area contributed by atoms with Crippen molar-refractivity contribution in [2.45, 2.75) is 32.5 Å². The van der Waals surface area contributed by atoms with E-state index in [-0.39, 0.29) is 6.04 Å². The van der Waals surface area contributed by atoms with Gasteiger partial charge in [0.15, 0.2) is 11.5 Å². The zero-order chi connectivity index (χ0) is 19.9. The molecular formula is C18H20FN7O2. The zero-order valence-electron chi connectivity index (χ0n) is 15.9. The van der Waals surface area contributed by atoms with E-state index in [4.69, 9.17) is 9.57 Å². The lowest BCUT2D eigenvalue weighted by atomic mass is 10.1. The van der Waals surface area contributed by atoms with Crippen LogP contribution >= 0.6 is 0 Å². The van der Waals surface area contributed by atoms with Gasteiger partial charge in [0.1, 0.15) is 11.6 Å². The van der Waals surface area contributed by atoms with Crippen molar-refractivity contribution in [3.05, 3.63) is 47.7 Å². The second-order valence-corrected chi connectivity index (χ2v) is 6.92. The smallest absolute Gasteiger partial charge is 0.218 e. The number of pyridine rings is 1. The summed E-state index contributed by atoms with van der Waals surface area (Å²) in [6.45, 7) is 5.62. The molecule has 2 N–H and O–H groups in total. The fourth-order valence-electron chi connectivity index (χ4n) is 2.95. The summed E-state index contributed by atoms with van der Waals surface area (Å²) in [5.74, 6) is 1.08. The Morgan fingerprint density at radius 1 is 1.36 bits per heavy atom. The lowest BCUT2D eigenvalue weighted by molar-refractivity contribution is -0.00234. The van der Waals surface area contributed by atoms with E-state index in [1.54, 1.807) is 23.0 Å². The molecule has 1 unspecified atom stereocenters. The van der Waals surface area contributed by atoms with Crippen molar-refractivity contribution in [3.8, 4) is 5.88 Å². The number of oxime groups is 1. The van der Waals surface area contributed by atoms with Crippen molar-refractivity contribution in [2.75, 3.05) is 12.4 Å². The number of aromatic nitrogens is 4. The molecule has 0 saturated heterocycles. The Balaban J connectivity index is 1.64. The van der Waals surface area contributed by atoms with Crippen LogP contribution in [0.15, 0.2) is 35.9 Å². The van der Waals surface area contributed by atoms with Gasteiger partial charge < -0.3 is 20.2 Å². The third-order valence-corrected chi connectivity index (χ3v) is 4.28. The Hall–Kier alpha value is -3.43. The summed E-state index contributed by atoms with van der Waals surface area (Å²) in [7, 11) is 1.50. The van der Waals surface area contributed by atoms with Gasteiger partial charge in [0.25, 0.3) is 0 Å². The van der Waals surface area contributed by atoms with Gasteiger partial charge in [-0.15, -0.1) is 0 Å². The van der Waals surface area contributed by atoms with Crippen LogP contribution in [0.5, 0.6) is 5.88 Å². The number of nitrogens with one attached hydrogen (secondary N) is 2. The maximum absolute atomic E-state index is 13.6. The molecule has 146 valence electrons. The average Bonchev–Trinajstić information content (AvgIpc) is 3.24. The molecule has 1 aliphatic heterocycles. The summed E-state index contributed by atoms with van der Waals surface area (Å²) in [6, 6.07) is 2.89. The Kier molecular flexibility index (Phi) is 4.25. The Morgan fingerprint density at radius 2 is 2.18 bits per heavy atom. The first kappa shape index (κ1) is 18.0. The van der Waals surface area contributed by atoms with Crippen LogP contribution in [0.4, 0.5) is 10.2 Å². The molecule has 0 spiro atoms. The molecule has 1 atom stereocenters. The fourth-order valence-corrected chi connectivity index (χ4v) is 2.95. The molecule has 0 aliphatic carbocycles. The van der Waals surface area contributed by atoms with E-state index in [9.17, 15) is 4.39 Å². The van der Waals surface area contributed by atoms with Gasteiger partial charge in [-0.3, -0.25) is 0 Å². The second kappa shape index (κ2) is 6.63. The molecule has 3 aromatic rings. The third kappa shape index (κ3) is 3.28. The Labute approximate surface area is 160 Å². The molecule has 0 aromatic carbocycles. The second-order valence-electron chi connectivity index (χ2n) is 6.92. The third-order valence-electron chi connectivity index (χ3n) is 4.28. The van der Waals surface area contributed by atoms with Crippen LogP contribution in [-0.4, -0.2) is 38.3 Å². The molecular weight excluding hydrogens is 365 g/mol. The van der Waals surface area contributed by atoms with Gasteiger partial charge in [0.2, 0.25) is 11.6 Å². The SMILES string of the molecule is COc1ncc(F)cc1C(C)Nc1ccn2ncc(C3=NOC(C)(C)N3)c2n1. The van der Waals surface area contributed by atoms with Gasteiger partial charge in [-0.05, 0) is 32.9 Å². The molecule has 4 rings (SSSR count). The standard InChI is InChI=1S/C18H20FN7O2/c1-10(12-7-11(19)8-20-17(12)27-4)22-14-5-6-26-16(23-14)13(9-21-26)15-24-18(2,3)28-25-15/h5-10H,1-4H3,(H,22,23)(H,24,25). The number of nitrogens with zero attached hydrogens (tertiary/aromatic N) is 5. The highest BCUT2D eigenvalue weighted by molar-refractivity contribution is 6.04. The highest BCUT2D eigenvalue weighted by Crippen LogP contribution is 2.26. The summed E-state index contributed by atoms with van der Waals surface area (Å²) in [6.07, 6.45) is 4.58. The van der Waals surface area contributed by atoms with Crippen LogP contribution in [0.1, 0.15) is 37.9 Å². The first-order chi connectivity index (χ1) is 13.4. The number of methoxy groups -OCH3 is 1. The lowest BCUT2D eigenvalue weighted by Gasteiger charge is -2.17. The van der Waals surface area contributed by atoms with E-state index in [0.29, 0.717) is 34.3 Å². The minimum Gasteiger partial charge on any atom is -0.481 e. The lowest BCUT2D eigenvalue weighted by Crippen LogP contribution is -2.38. The van der Waals surface area contributed by atoms with Gasteiger partial charge in [0.05, 0.1) is 31.1 Å². The summed E-state index contributed by atoms with van der Waals surface area (Å²) >= 11 is 0. The molecule has 9 nitrogen and oxygen atoms in total. The quantitative estimate of drug-likeness (QED) is 0.696. The number of fused-ring (bicyclic) bond motifs is 1. The normalized spacial score (nSPS) is 16.2. The molecule has 28 heavy (non-hydrogen) atoms. The van der Waals surface area contributed by atoms with Crippen molar-refractivity contribution >= 4 is 17.3 Å². The van der Waals surface area contributed by atoms with Crippen molar-refractivity contribution in [3.63, 3.8) is 0 Å². The largest absolute Gasteiger partial charge is 0.481 e. The molecule has 3 aromatic heterocycles. The molecule has 10 heteroatoms. The molecule has 1 aliphatic rings. The summed E-state index contributed by atoms with van der Waals surface area (Å²) < 4.78 is 20.5. The summed E-state index contributed by atoms with van der Waals surface area (Å²) in [5.41, 5.74) is 1.32. The van der Waals surface area contributed by atoms with E-state index in [0.717, 1.165) is 6.20 Å². The van der Waals surface area contributed by atoms with Gasteiger partial charge in [-0.25, -0.2) is 18.9 Å². The van der Waals surface area contributed by atoms with Crippen LogP contribution in [0.3, 0.4) is 0 Å². The summed E-state index contributed by atoms with van der Waals surface area (Å²) in [4.78, 5) is 14.0. The maximum atomic E-state index is 13.6. The monoisotopic (exact) mass is 385 g/mol. The van der Waals surface area contributed by atoms with Crippen LogP contribution < -0.4 is 15.4 Å². The highest BCUT2D eigenvalue weighted by atomic mass is 19.1. The number of amidine groups is 1. The number of hydrogen-bond acceptors (Lipinski definition) is 8. The van der Waals surface area contributed by atoms with E-state index in [1.807, 2.05) is 20.8 Å². The van der Waals surface area contributed by atoms with Gasteiger partial charge >= 0.3 is 0 Å². The van der Waals surface area contributed by atoms with E-state index in [2.05, 4.69) is 30.9 Å². The van der Waals surface area contributed by atoms with Crippen LogP contribution in [-0.2, 0) is 4.84 Å². The van der Waals surface area contributed by atoms with Gasteiger partial charge in [-0.2, -0.15) is 5.10 Å². The molecule has 0 amide bonds. The molecule has 0 fully saturated rings. The Morgan fingerprint density at radius 3 is 2.89 bits per heavy atom. The first-order valence-electron chi connectivity index (χ1n) is 8.71. The fraction of sp³-hybridized carbons (Fsp3) is 0.333. The highest BCUT2D eigenvalue weighted by Gasteiger charge is 2.30. The van der Waals surface area contributed by atoms with Crippen molar-refractivity contribution in [1.82, 2.24) is 24.9 Å².